The van der Waals surface area contributed by atoms with Gasteiger partial charge in [0.15, 0.2) is 0 Å². The number of esters is 1. The number of methoxy groups -OCH3 is 1. The molecule has 4 rings (SSSR count). The minimum atomic E-state index is -0.553. The molecule has 0 bridgehead atoms. The maximum atomic E-state index is 12.9. The maximum Gasteiger partial charge on any atom is 0.326 e. The summed E-state index contributed by atoms with van der Waals surface area (Å²) in [6, 6.07) is 7.83. The molecule has 8 nitrogen and oxygen atoms in total. The minimum Gasteiger partial charge on any atom is -0.461 e. The number of imidazole rings is 1. The molecule has 3 aromatic rings. The molecule has 0 radical (unpaired) electrons. The highest BCUT2D eigenvalue weighted by Gasteiger charge is 2.29. The number of nitrogens with one attached hydrogen (secondary N) is 1. The fourth-order valence-electron chi connectivity index (χ4n) is 5.14. The number of hydrogen-bond acceptors (Lipinski definition) is 6. The second-order valence-electron chi connectivity index (χ2n) is 10.4. The van der Waals surface area contributed by atoms with Gasteiger partial charge in [-0.05, 0) is 76.6 Å². The van der Waals surface area contributed by atoms with Crippen LogP contribution in [-0.2, 0) is 27.9 Å². The number of pyridine rings is 1. The van der Waals surface area contributed by atoms with Gasteiger partial charge in [0.2, 0.25) is 0 Å². The van der Waals surface area contributed by atoms with E-state index in [1.165, 1.54) is 0 Å². The van der Waals surface area contributed by atoms with Crippen LogP contribution >= 0.6 is 0 Å². The standard InChI is InChI=1S/C29H40N4O4/c1-7-19(3)33-25-13-12-21(15-24(25)31-27(33)22-14-18(2)28(34)32(5)17-22)16-30-26(20(4)36-6)29(35)37-23-10-8-9-11-23/h12-15,17,19-20,23,26,30H,7-11,16H2,1-6H3/t19-,20?,26?/m0/s1. The van der Waals surface area contributed by atoms with Crippen molar-refractivity contribution in [3.05, 3.63) is 51.9 Å². The second kappa shape index (κ2) is 11.6. The molecule has 200 valence electrons. The Morgan fingerprint density at radius 1 is 1.22 bits per heavy atom. The average molecular weight is 509 g/mol. The lowest BCUT2D eigenvalue weighted by Gasteiger charge is -2.24. The fourth-order valence-corrected chi connectivity index (χ4v) is 5.14. The first-order valence-electron chi connectivity index (χ1n) is 13.4. The van der Waals surface area contributed by atoms with Crippen LogP contribution in [0, 0.1) is 6.92 Å². The number of aromatic nitrogens is 3. The second-order valence-corrected chi connectivity index (χ2v) is 10.4. The SMILES string of the molecule is CC[C@H](C)n1c(-c2cc(C)c(=O)n(C)c2)nc2cc(CNC(C(=O)OC3CCCC3)C(C)OC)ccc21. The summed E-state index contributed by atoms with van der Waals surface area (Å²) >= 11 is 0. The van der Waals surface area contributed by atoms with Crippen molar-refractivity contribution in [2.75, 3.05) is 7.11 Å². The van der Waals surface area contributed by atoms with Gasteiger partial charge in [-0.1, -0.05) is 13.0 Å². The van der Waals surface area contributed by atoms with E-state index in [1.54, 1.807) is 18.7 Å². The molecule has 37 heavy (non-hydrogen) atoms. The number of carbonyl (C=O) groups excluding carboxylic acids is 1. The Kier molecular flexibility index (Phi) is 8.49. The van der Waals surface area contributed by atoms with Crippen LogP contribution in [0.25, 0.3) is 22.4 Å². The number of fused-ring (bicyclic) bond motifs is 1. The highest BCUT2D eigenvalue weighted by atomic mass is 16.5. The quantitative estimate of drug-likeness (QED) is 0.401. The molecule has 2 aromatic heterocycles. The predicted octanol–water partition coefficient (Wildman–Crippen LogP) is 4.66. The van der Waals surface area contributed by atoms with E-state index < -0.39 is 6.04 Å². The number of hydrogen-bond donors (Lipinski definition) is 1. The van der Waals surface area contributed by atoms with Crippen LogP contribution in [0.3, 0.4) is 0 Å². The van der Waals surface area contributed by atoms with Crippen molar-refractivity contribution in [3.63, 3.8) is 0 Å². The summed E-state index contributed by atoms with van der Waals surface area (Å²) in [6.45, 7) is 8.54. The molecule has 0 spiro atoms. The van der Waals surface area contributed by atoms with Crippen LogP contribution < -0.4 is 10.9 Å². The van der Waals surface area contributed by atoms with Crippen LogP contribution in [0.5, 0.6) is 0 Å². The van der Waals surface area contributed by atoms with E-state index in [4.69, 9.17) is 14.5 Å². The first-order valence-corrected chi connectivity index (χ1v) is 13.4. The monoisotopic (exact) mass is 508 g/mol. The number of nitrogens with zero attached hydrogens (tertiary/aromatic N) is 3. The molecule has 0 aliphatic heterocycles. The van der Waals surface area contributed by atoms with E-state index in [0.717, 1.165) is 60.1 Å². The van der Waals surface area contributed by atoms with Crippen LogP contribution in [0.2, 0.25) is 0 Å². The van der Waals surface area contributed by atoms with Gasteiger partial charge in [-0.15, -0.1) is 0 Å². The van der Waals surface area contributed by atoms with E-state index in [1.807, 2.05) is 26.1 Å². The van der Waals surface area contributed by atoms with Gasteiger partial charge in [0.25, 0.3) is 5.56 Å². The Balaban J connectivity index is 1.62. The van der Waals surface area contributed by atoms with Crippen LogP contribution in [0.4, 0.5) is 0 Å². The molecule has 1 aliphatic rings. The number of aryl methyl sites for hydroxylation is 2. The zero-order valence-corrected chi connectivity index (χ0v) is 22.9. The largest absolute Gasteiger partial charge is 0.461 e. The molecule has 1 aliphatic carbocycles. The van der Waals surface area contributed by atoms with Gasteiger partial charge < -0.3 is 18.6 Å². The Morgan fingerprint density at radius 3 is 2.59 bits per heavy atom. The zero-order valence-electron chi connectivity index (χ0n) is 22.9. The first kappa shape index (κ1) is 27.1. The smallest absolute Gasteiger partial charge is 0.326 e. The summed E-state index contributed by atoms with van der Waals surface area (Å²) in [5.41, 5.74) is 4.55. The third kappa shape index (κ3) is 5.80. The molecule has 1 N–H and O–H groups in total. The number of carbonyl (C=O) groups is 1. The normalized spacial score (nSPS) is 16.7. The van der Waals surface area contributed by atoms with Crippen LogP contribution in [0.1, 0.15) is 70.0 Å². The van der Waals surface area contributed by atoms with Gasteiger partial charge in [0.05, 0.1) is 17.1 Å². The van der Waals surface area contributed by atoms with E-state index in [2.05, 4.69) is 41.9 Å². The summed E-state index contributed by atoms with van der Waals surface area (Å²) in [5, 5.41) is 3.36. The molecule has 1 aromatic carbocycles. The molecule has 1 fully saturated rings. The molecule has 0 saturated heterocycles. The van der Waals surface area contributed by atoms with Crippen LogP contribution in [-0.4, -0.2) is 45.4 Å². The van der Waals surface area contributed by atoms with Gasteiger partial charge >= 0.3 is 5.97 Å². The Hall–Kier alpha value is -2.97. The topological polar surface area (TPSA) is 87.4 Å². The molecular weight excluding hydrogens is 468 g/mol. The molecule has 2 unspecified atom stereocenters. The van der Waals surface area contributed by atoms with Gasteiger partial charge in [0, 0.05) is 44.1 Å². The predicted molar refractivity (Wildman–Crippen MR) is 146 cm³/mol. The zero-order chi connectivity index (χ0) is 26.7. The Bertz CT molecular complexity index is 1280. The number of ether oxygens (including phenoxy) is 2. The molecule has 3 atom stereocenters. The van der Waals surface area contributed by atoms with Gasteiger partial charge in [-0.2, -0.15) is 0 Å². The maximum absolute atomic E-state index is 12.9. The highest BCUT2D eigenvalue weighted by Crippen LogP contribution is 2.30. The summed E-state index contributed by atoms with van der Waals surface area (Å²) in [5.74, 6) is 0.593. The Labute approximate surface area is 219 Å². The lowest BCUT2D eigenvalue weighted by atomic mass is 10.1. The molecule has 8 heteroatoms. The van der Waals surface area contributed by atoms with Gasteiger partial charge in [0.1, 0.15) is 18.0 Å². The lowest BCUT2D eigenvalue weighted by Crippen LogP contribution is -2.47. The van der Waals surface area contributed by atoms with E-state index in [0.29, 0.717) is 12.1 Å². The number of rotatable bonds is 10. The summed E-state index contributed by atoms with van der Waals surface area (Å²) < 4.78 is 15.1. The van der Waals surface area contributed by atoms with Gasteiger partial charge in [-0.25, -0.2) is 4.98 Å². The van der Waals surface area contributed by atoms with E-state index in [-0.39, 0.29) is 29.8 Å². The summed E-state index contributed by atoms with van der Waals surface area (Å²) in [6.07, 6.45) is 6.60. The van der Waals surface area contributed by atoms with Crippen molar-refractivity contribution < 1.29 is 14.3 Å². The fraction of sp³-hybridized carbons (Fsp3) is 0.552. The number of benzene rings is 1. The highest BCUT2D eigenvalue weighted by molar-refractivity contribution is 5.81. The summed E-state index contributed by atoms with van der Waals surface area (Å²) in [7, 11) is 3.38. The Morgan fingerprint density at radius 2 is 1.95 bits per heavy atom. The third-order valence-corrected chi connectivity index (χ3v) is 7.61. The average Bonchev–Trinajstić information content (AvgIpc) is 3.53. The molecule has 2 heterocycles. The van der Waals surface area contributed by atoms with Gasteiger partial charge in [-0.3, -0.25) is 14.9 Å². The lowest BCUT2D eigenvalue weighted by molar-refractivity contribution is -0.154. The summed E-state index contributed by atoms with van der Waals surface area (Å²) in [4.78, 5) is 30.2. The van der Waals surface area contributed by atoms with E-state index >= 15 is 0 Å². The molecule has 0 amide bonds. The van der Waals surface area contributed by atoms with Crippen molar-refractivity contribution >= 4 is 17.0 Å². The van der Waals surface area contributed by atoms with Crippen molar-refractivity contribution in [2.24, 2.45) is 7.05 Å². The van der Waals surface area contributed by atoms with E-state index in [9.17, 15) is 9.59 Å². The minimum absolute atomic E-state index is 0.00499. The molecule has 1 saturated carbocycles. The van der Waals surface area contributed by atoms with Crippen molar-refractivity contribution in [1.29, 1.82) is 0 Å². The van der Waals surface area contributed by atoms with Crippen molar-refractivity contribution in [2.45, 2.75) is 90.6 Å². The molecular formula is C29H40N4O4. The van der Waals surface area contributed by atoms with Crippen molar-refractivity contribution in [3.8, 4) is 11.4 Å². The van der Waals surface area contributed by atoms with Crippen molar-refractivity contribution in [1.82, 2.24) is 19.4 Å². The third-order valence-electron chi connectivity index (χ3n) is 7.61. The van der Waals surface area contributed by atoms with Crippen LogP contribution in [0.15, 0.2) is 35.3 Å². The first-order chi connectivity index (χ1) is 17.7.